The van der Waals surface area contributed by atoms with Crippen molar-refractivity contribution in [2.75, 3.05) is 13.2 Å². The first kappa shape index (κ1) is 19.0. The number of carbonyl (C=O) groups excluding carboxylic acids is 1. The second kappa shape index (κ2) is 8.26. The van der Waals surface area contributed by atoms with E-state index < -0.39 is 6.36 Å². The van der Waals surface area contributed by atoms with Crippen LogP contribution in [0, 0.1) is 0 Å². The molecule has 9 heteroatoms. The summed E-state index contributed by atoms with van der Waals surface area (Å²) >= 11 is 0. The molecule has 1 unspecified atom stereocenters. The Hall–Kier alpha value is -2.81. The fraction of sp³-hybridized carbons (Fsp3) is 0.333. The molecule has 1 aromatic carbocycles. The second-order valence-electron chi connectivity index (χ2n) is 5.86. The first-order valence-corrected chi connectivity index (χ1v) is 8.22. The van der Waals surface area contributed by atoms with Crippen molar-refractivity contribution in [3.05, 3.63) is 53.7 Å². The van der Waals surface area contributed by atoms with Gasteiger partial charge in [-0.15, -0.1) is 13.2 Å². The maximum absolute atomic E-state index is 12.1. The van der Waals surface area contributed by atoms with E-state index in [-0.39, 0.29) is 24.3 Å². The third kappa shape index (κ3) is 5.85. The Morgan fingerprint density at radius 1 is 1.22 bits per heavy atom. The van der Waals surface area contributed by atoms with Crippen molar-refractivity contribution in [1.82, 2.24) is 10.3 Å². The molecule has 0 aliphatic carbocycles. The van der Waals surface area contributed by atoms with Crippen LogP contribution in [0.3, 0.4) is 0 Å². The minimum absolute atomic E-state index is 0.0264. The molecule has 0 saturated carbocycles. The molecule has 0 spiro atoms. The number of hydrogen-bond donors (Lipinski definition) is 1. The Morgan fingerprint density at radius 3 is 2.59 bits per heavy atom. The van der Waals surface area contributed by atoms with Gasteiger partial charge in [-0.05, 0) is 23.8 Å². The van der Waals surface area contributed by atoms with Gasteiger partial charge in [0.25, 0.3) is 5.91 Å². The van der Waals surface area contributed by atoms with Crippen LogP contribution in [0.5, 0.6) is 11.6 Å². The Bertz CT molecular complexity index is 758. The molecule has 1 N–H and O–H groups in total. The van der Waals surface area contributed by atoms with Gasteiger partial charge in [0.1, 0.15) is 11.9 Å². The number of pyridine rings is 1. The van der Waals surface area contributed by atoms with Crippen LogP contribution < -0.4 is 14.8 Å². The lowest BCUT2D eigenvalue weighted by Crippen LogP contribution is -2.23. The Morgan fingerprint density at radius 2 is 2.00 bits per heavy atom. The summed E-state index contributed by atoms with van der Waals surface area (Å²) in [5, 5.41) is 2.67. The molecule has 6 nitrogen and oxygen atoms in total. The van der Waals surface area contributed by atoms with Gasteiger partial charge in [-0.1, -0.05) is 12.1 Å². The summed E-state index contributed by atoms with van der Waals surface area (Å²) in [6.45, 7) is 1.34. The van der Waals surface area contributed by atoms with Crippen molar-refractivity contribution in [3.63, 3.8) is 0 Å². The van der Waals surface area contributed by atoms with Crippen LogP contribution in [-0.4, -0.2) is 36.6 Å². The van der Waals surface area contributed by atoms with E-state index in [0.29, 0.717) is 30.2 Å². The van der Waals surface area contributed by atoms with E-state index in [1.165, 1.54) is 30.5 Å². The number of amides is 1. The molecule has 1 aromatic heterocycles. The van der Waals surface area contributed by atoms with Crippen LogP contribution in [0.1, 0.15) is 22.3 Å². The summed E-state index contributed by atoms with van der Waals surface area (Å²) in [4.78, 5) is 16.2. The van der Waals surface area contributed by atoms with Gasteiger partial charge in [0.2, 0.25) is 5.88 Å². The molecule has 27 heavy (non-hydrogen) atoms. The number of benzene rings is 1. The molecular formula is C18H17F3N2O4. The van der Waals surface area contributed by atoms with Crippen LogP contribution in [0.25, 0.3) is 0 Å². The number of hydrogen-bond acceptors (Lipinski definition) is 5. The third-order valence-corrected chi connectivity index (χ3v) is 3.78. The number of halogens is 3. The summed E-state index contributed by atoms with van der Waals surface area (Å²) < 4.78 is 51.0. The van der Waals surface area contributed by atoms with Crippen molar-refractivity contribution in [3.8, 4) is 11.6 Å². The van der Waals surface area contributed by atoms with Gasteiger partial charge in [0, 0.05) is 25.2 Å². The van der Waals surface area contributed by atoms with Gasteiger partial charge in [0.15, 0.2) is 0 Å². The lowest BCUT2D eigenvalue weighted by Gasteiger charge is -2.11. The highest BCUT2D eigenvalue weighted by Crippen LogP contribution is 2.22. The van der Waals surface area contributed by atoms with E-state index in [4.69, 9.17) is 9.47 Å². The third-order valence-electron chi connectivity index (χ3n) is 3.78. The maximum Gasteiger partial charge on any atom is 0.573 e. The molecule has 1 amide bonds. The molecular weight excluding hydrogens is 365 g/mol. The van der Waals surface area contributed by atoms with Gasteiger partial charge in [-0.25, -0.2) is 4.98 Å². The van der Waals surface area contributed by atoms with Crippen molar-refractivity contribution >= 4 is 5.91 Å². The monoisotopic (exact) mass is 382 g/mol. The quantitative estimate of drug-likeness (QED) is 0.832. The maximum atomic E-state index is 12.1. The molecule has 0 radical (unpaired) electrons. The lowest BCUT2D eigenvalue weighted by molar-refractivity contribution is -0.274. The average Bonchev–Trinajstić information content (AvgIpc) is 3.13. The van der Waals surface area contributed by atoms with E-state index in [1.807, 2.05) is 0 Å². The number of rotatable bonds is 6. The van der Waals surface area contributed by atoms with E-state index in [9.17, 15) is 18.0 Å². The number of alkyl halides is 3. The Kier molecular flexibility index (Phi) is 5.80. The van der Waals surface area contributed by atoms with E-state index >= 15 is 0 Å². The largest absolute Gasteiger partial charge is 0.573 e. The van der Waals surface area contributed by atoms with E-state index in [1.54, 1.807) is 12.1 Å². The zero-order valence-corrected chi connectivity index (χ0v) is 14.2. The summed E-state index contributed by atoms with van der Waals surface area (Å²) in [7, 11) is 0. The summed E-state index contributed by atoms with van der Waals surface area (Å²) in [5.74, 6) is -0.249. The summed E-state index contributed by atoms with van der Waals surface area (Å²) in [6, 6.07) is 8.47. The SMILES string of the molecule is O=C(NCc1ccc(OC(F)(F)F)cc1)c1ccc(OC2CCOC2)nc1. The minimum atomic E-state index is -4.73. The fourth-order valence-electron chi connectivity index (χ4n) is 2.45. The molecule has 2 aromatic rings. The Labute approximate surface area is 153 Å². The first-order chi connectivity index (χ1) is 12.9. The highest BCUT2D eigenvalue weighted by molar-refractivity contribution is 5.93. The van der Waals surface area contributed by atoms with Crippen LogP contribution >= 0.6 is 0 Å². The molecule has 2 heterocycles. The Balaban J connectivity index is 1.49. The highest BCUT2D eigenvalue weighted by atomic mass is 19.4. The van der Waals surface area contributed by atoms with Gasteiger partial charge in [-0.3, -0.25) is 4.79 Å². The van der Waals surface area contributed by atoms with Crippen molar-refractivity contribution < 1.29 is 32.2 Å². The molecule has 3 rings (SSSR count). The zero-order valence-electron chi connectivity index (χ0n) is 14.2. The van der Waals surface area contributed by atoms with Crippen LogP contribution in [0.15, 0.2) is 42.6 Å². The number of nitrogens with zero attached hydrogens (tertiary/aromatic N) is 1. The normalized spacial score (nSPS) is 16.8. The van der Waals surface area contributed by atoms with Crippen LogP contribution in [0.2, 0.25) is 0 Å². The van der Waals surface area contributed by atoms with E-state index in [2.05, 4.69) is 15.0 Å². The van der Waals surface area contributed by atoms with E-state index in [0.717, 1.165) is 6.42 Å². The number of aromatic nitrogens is 1. The van der Waals surface area contributed by atoms with Crippen LogP contribution in [-0.2, 0) is 11.3 Å². The van der Waals surface area contributed by atoms with Gasteiger partial charge >= 0.3 is 6.36 Å². The number of nitrogens with one attached hydrogen (secondary N) is 1. The van der Waals surface area contributed by atoms with Crippen molar-refractivity contribution in [2.24, 2.45) is 0 Å². The average molecular weight is 382 g/mol. The minimum Gasteiger partial charge on any atom is -0.472 e. The first-order valence-electron chi connectivity index (χ1n) is 8.22. The van der Waals surface area contributed by atoms with Gasteiger partial charge in [0.05, 0.1) is 18.8 Å². The predicted octanol–water partition coefficient (Wildman–Crippen LogP) is 3.08. The lowest BCUT2D eigenvalue weighted by atomic mass is 10.2. The molecule has 1 aliphatic rings. The standard InChI is InChI=1S/C18H17F3N2O4/c19-18(20,21)27-14-4-1-12(2-5-14)9-23-17(24)13-3-6-16(22-10-13)26-15-7-8-25-11-15/h1-6,10,15H,7-9,11H2,(H,23,24). The molecule has 1 aliphatic heterocycles. The highest BCUT2D eigenvalue weighted by Gasteiger charge is 2.30. The molecule has 0 bridgehead atoms. The summed E-state index contributed by atoms with van der Waals surface area (Å²) in [6.07, 6.45) is -2.55. The second-order valence-corrected chi connectivity index (χ2v) is 5.86. The summed E-state index contributed by atoms with van der Waals surface area (Å²) in [5.41, 5.74) is 0.981. The number of ether oxygens (including phenoxy) is 3. The molecule has 1 fully saturated rings. The van der Waals surface area contributed by atoms with Gasteiger partial charge < -0.3 is 19.5 Å². The number of carbonyl (C=O) groups is 1. The molecule has 1 saturated heterocycles. The fourth-order valence-corrected chi connectivity index (χ4v) is 2.45. The molecule has 144 valence electrons. The van der Waals surface area contributed by atoms with Gasteiger partial charge in [-0.2, -0.15) is 0 Å². The smallest absolute Gasteiger partial charge is 0.472 e. The molecule has 1 atom stereocenters. The predicted molar refractivity (Wildman–Crippen MR) is 88.4 cm³/mol. The van der Waals surface area contributed by atoms with Crippen molar-refractivity contribution in [1.29, 1.82) is 0 Å². The van der Waals surface area contributed by atoms with Crippen molar-refractivity contribution in [2.45, 2.75) is 25.4 Å². The topological polar surface area (TPSA) is 69.7 Å². The zero-order chi connectivity index (χ0) is 19.3. The van der Waals surface area contributed by atoms with Crippen LogP contribution in [0.4, 0.5) is 13.2 Å².